The highest BCUT2D eigenvalue weighted by Gasteiger charge is 2.53. The Hall–Kier alpha value is -2.38. The lowest BCUT2D eigenvalue weighted by atomic mass is 9.69. The van der Waals surface area contributed by atoms with E-state index < -0.39 is 12.0 Å². The minimum atomic E-state index is -0.705. The molecule has 0 bridgehead atoms. The van der Waals surface area contributed by atoms with E-state index in [1.165, 1.54) is 5.56 Å². The standard InChI is InChI=1S/C24H34N2O5/c1-4-7-19(5-2)23(3)16-24(31-30-23)13-6-8-18(14-24)17-9-11-20(12-10-17)29-22(28)26-15-21(25)27/h4,9-12,18-19H,1,5-8,13-16H2,2-3H3,(H2,25,27)(H,26,28)/t18?,19?,23-,24+/m0/s1. The van der Waals surface area contributed by atoms with E-state index in [9.17, 15) is 9.59 Å². The molecule has 4 atom stereocenters. The molecule has 1 aliphatic carbocycles. The van der Waals surface area contributed by atoms with E-state index in [0.29, 0.717) is 17.6 Å². The third kappa shape index (κ3) is 5.66. The van der Waals surface area contributed by atoms with Gasteiger partial charge in [0.1, 0.15) is 17.0 Å². The molecule has 31 heavy (non-hydrogen) atoms. The van der Waals surface area contributed by atoms with Crippen molar-refractivity contribution in [2.45, 2.75) is 75.9 Å². The highest BCUT2D eigenvalue weighted by Crippen LogP contribution is 2.52. The molecule has 0 radical (unpaired) electrons. The normalized spacial score (nSPS) is 28.8. The Kier molecular flexibility index (Phi) is 7.38. The molecule has 1 aromatic carbocycles. The minimum absolute atomic E-state index is 0.254. The number of benzene rings is 1. The lowest BCUT2D eigenvalue weighted by Crippen LogP contribution is -2.39. The summed E-state index contributed by atoms with van der Waals surface area (Å²) in [6, 6.07) is 7.52. The molecular formula is C24H34N2O5. The van der Waals surface area contributed by atoms with Crippen molar-refractivity contribution in [3.8, 4) is 5.75 Å². The highest BCUT2D eigenvalue weighted by atomic mass is 17.2. The van der Waals surface area contributed by atoms with Crippen molar-refractivity contribution >= 4 is 12.0 Å². The van der Waals surface area contributed by atoms with Gasteiger partial charge in [0, 0.05) is 6.42 Å². The predicted molar refractivity (Wildman–Crippen MR) is 117 cm³/mol. The fourth-order valence-corrected chi connectivity index (χ4v) is 5.10. The largest absolute Gasteiger partial charge is 0.413 e. The number of ether oxygens (including phenoxy) is 1. The molecule has 3 N–H and O–H groups in total. The summed E-state index contributed by atoms with van der Waals surface area (Å²) in [5.74, 6) is 0.542. The molecule has 1 aromatic rings. The summed E-state index contributed by atoms with van der Waals surface area (Å²) in [5.41, 5.74) is 5.66. The number of primary amides is 1. The van der Waals surface area contributed by atoms with Crippen molar-refractivity contribution in [2.24, 2.45) is 11.7 Å². The summed E-state index contributed by atoms with van der Waals surface area (Å²) in [4.78, 5) is 34.5. The molecule has 1 saturated heterocycles. The van der Waals surface area contributed by atoms with Crippen LogP contribution >= 0.6 is 0 Å². The van der Waals surface area contributed by atoms with Gasteiger partial charge >= 0.3 is 6.09 Å². The number of allylic oxidation sites excluding steroid dienone is 1. The zero-order chi connectivity index (χ0) is 22.5. The number of rotatable bonds is 8. The average Bonchev–Trinajstić information content (AvgIpc) is 3.07. The number of amides is 2. The Morgan fingerprint density at radius 3 is 2.74 bits per heavy atom. The van der Waals surface area contributed by atoms with Crippen LogP contribution in [0.25, 0.3) is 0 Å². The van der Waals surface area contributed by atoms with Gasteiger partial charge in [0.25, 0.3) is 0 Å². The summed E-state index contributed by atoms with van der Waals surface area (Å²) >= 11 is 0. The van der Waals surface area contributed by atoms with E-state index in [0.717, 1.165) is 44.9 Å². The third-order valence-corrected chi connectivity index (χ3v) is 6.66. The number of nitrogens with one attached hydrogen (secondary N) is 1. The van der Waals surface area contributed by atoms with Crippen LogP contribution < -0.4 is 15.8 Å². The topological polar surface area (TPSA) is 99.9 Å². The van der Waals surface area contributed by atoms with Crippen LogP contribution in [0.3, 0.4) is 0 Å². The molecule has 2 fully saturated rings. The van der Waals surface area contributed by atoms with Crippen molar-refractivity contribution in [1.82, 2.24) is 5.32 Å². The molecule has 2 amide bonds. The Morgan fingerprint density at radius 1 is 1.35 bits per heavy atom. The van der Waals surface area contributed by atoms with E-state index in [1.807, 2.05) is 18.2 Å². The fourth-order valence-electron chi connectivity index (χ4n) is 5.10. The lowest BCUT2D eigenvalue weighted by molar-refractivity contribution is -0.359. The minimum Gasteiger partial charge on any atom is -0.410 e. The Bertz CT molecular complexity index is 796. The fraction of sp³-hybridized carbons (Fsp3) is 0.583. The molecule has 3 rings (SSSR count). The molecule has 7 heteroatoms. The Labute approximate surface area is 184 Å². The van der Waals surface area contributed by atoms with Crippen LogP contribution in [0, 0.1) is 5.92 Å². The maximum atomic E-state index is 11.7. The van der Waals surface area contributed by atoms with Crippen LogP contribution in [0.1, 0.15) is 70.3 Å². The van der Waals surface area contributed by atoms with Crippen molar-refractivity contribution in [2.75, 3.05) is 6.54 Å². The van der Waals surface area contributed by atoms with Gasteiger partial charge in [-0.1, -0.05) is 31.6 Å². The summed E-state index contributed by atoms with van der Waals surface area (Å²) in [6.07, 6.45) is 8.19. The molecular weight excluding hydrogens is 396 g/mol. The quantitative estimate of drug-likeness (QED) is 0.471. The maximum absolute atomic E-state index is 11.7. The molecule has 0 aromatic heterocycles. The van der Waals surface area contributed by atoms with Crippen LogP contribution in [0.15, 0.2) is 36.9 Å². The molecule has 2 aliphatic rings. The van der Waals surface area contributed by atoms with E-state index in [-0.39, 0.29) is 17.7 Å². The van der Waals surface area contributed by atoms with Crippen LogP contribution in [0.5, 0.6) is 5.75 Å². The lowest BCUT2D eigenvalue weighted by Gasteiger charge is -2.37. The first-order valence-corrected chi connectivity index (χ1v) is 11.1. The van der Waals surface area contributed by atoms with Crippen LogP contribution in [0.2, 0.25) is 0 Å². The van der Waals surface area contributed by atoms with Gasteiger partial charge in [-0.25, -0.2) is 14.6 Å². The Balaban J connectivity index is 1.62. The van der Waals surface area contributed by atoms with Crippen molar-refractivity contribution in [3.63, 3.8) is 0 Å². The van der Waals surface area contributed by atoms with Crippen LogP contribution in [-0.4, -0.2) is 29.7 Å². The van der Waals surface area contributed by atoms with Gasteiger partial charge in [0.05, 0.1) is 6.54 Å². The second-order valence-corrected chi connectivity index (χ2v) is 9.04. The average molecular weight is 431 g/mol. The first kappa shape index (κ1) is 23.3. The monoisotopic (exact) mass is 430 g/mol. The first-order chi connectivity index (χ1) is 14.8. The van der Waals surface area contributed by atoms with Crippen LogP contribution in [0.4, 0.5) is 4.79 Å². The van der Waals surface area contributed by atoms with Gasteiger partial charge in [0.2, 0.25) is 5.91 Å². The van der Waals surface area contributed by atoms with Gasteiger partial charge < -0.3 is 15.8 Å². The van der Waals surface area contributed by atoms with Gasteiger partial charge in [-0.3, -0.25) is 4.79 Å². The number of hydrogen-bond acceptors (Lipinski definition) is 5. The van der Waals surface area contributed by atoms with E-state index in [1.54, 1.807) is 12.1 Å². The number of carbonyl (C=O) groups excluding carboxylic acids is 2. The van der Waals surface area contributed by atoms with Crippen molar-refractivity contribution in [1.29, 1.82) is 0 Å². The molecule has 1 heterocycles. The number of nitrogens with two attached hydrogens (primary N) is 1. The first-order valence-electron chi connectivity index (χ1n) is 11.1. The van der Waals surface area contributed by atoms with E-state index in [2.05, 4.69) is 25.7 Å². The molecule has 1 spiro atoms. The zero-order valence-corrected chi connectivity index (χ0v) is 18.5. The maximum Gasteiger partial charge on any atom is 0.413 e. The number of carbonyl (C=O) groups is 2. The summed E-state index contributed by atoms with van der Waals surface area (Å²) in [5, 5.41) is 2.30. The highest BCUT2D eigenvalue weighted by molar-refractivity contribution is 5.81. The van der Waals surface area contributed by atoms with E-state index >= 15 is 0 Å². The van der Waals surface area contributed by atoms with Crippen molar-refractivity contribution in [3.05, 3.63) is 42.5 Å². The second-order valence-electron chi connectivity index (χ2n) is 9.04. The molecule has 7 nitrogen and oxygen atoms in total. The molecule has 2 unspecified atom stereocenters. The number of hydrogen-bond donors (Lipinski definition) is 2. The molecule has 1 aliphatic heterocycles. The van der Waals surface area contributed by atoms with Gasteiger partial charge in [0.15, 0.2) is 0 Å². The van der Waals surface area contributed by atoms with Crippen molar-refractivity contribution < 1.29 is 24.1 Å². The van der Waals surface area contributed by atoms with Gasteiger partial charge in [-0.15, -0.1) is 6.58 Å². The second kappa shape index (κ2) is 9.83. The Morgan fingerprint density at radius 2 is 2.10 bits per heavy atom. The van der Waals surface area contributed by atoms with Gasteiger partial charge in [-0.05, 0) is 68.6 Å². The molecule has 170 valence electrons. The predicted octanol–water partition coefficient (Wildman–Crippen LogP) is 4.37. The zero-order valence-electron chi connectivity index (χ0n) is 18.5. The summed E-state index contributed by atoms with van der Waals surface area (Å²) < 4.78 is 5.18. The summed E-state index contributed by atoms with van der Waals surface area (Å²) in [7, 11) is 0. The smallest absolute Gasteiger partial charge is 0.410 e. The SMILES string of the molecule is C=CCC(CC)[C@]1(C)C[C@]2(CCCC(c3ccc(OC(=O)NCC(N)=O)cc3)C2)OO1. The van der Waals surface area contributed by atoms with Gasteiger partial charge in [-0.2, -0.15) is 0 Å². The van der Waals surface area contributed by atoms with E-state index in [4.69, 9.17) is 20.2 Å². The van der Waals surface area contributed by atoms with Crippen LogP contribution in [-0.2, 0) is 14.6 Å². The third-order valence-electron chi connectivity index (χ3n) is 6.66. The molecule has 1 saturated carbocycles. The summed E-state index contributed by atoms with van der Waals surface area (Å²) in [6.45, 7) is 8.00.